The van der Waals surface area contributed by atoms with E-state index in [9.17, 15) is 19.2 Å². The first kappa shape index (κ1) is 59.0. The van der Waals surface area contributed by atoms with Gasteiger partial charge in [-0.3, -0.25) is 9.59 Å². The normalized spacial score (nSPS) is 12.2. The van der Waals surface area contributed by atoms with Crippen LogP contribution in [0.15, 0.2) is 0 Å². The van der Waals surface area contributed by atoms with Gasteiger partial charge in [0.2, 0.25) is 5.91 Å². The van der Waals surface area contributed by atoms with Crippen LogP contribution in [-0.2, 0) is 75.9 Å². The Morgan fingerprint density at radius 2 is 0.677 bits per heavy atom. The molecule has 0 rings (SSSR count). The first-order valence-electron chi connectivity index (χ1n) is 21.1. The fourth-order valence-corrected chi connectivity index (χ4v) is 4.21. The smallest absolute Gasteiger partial charge is 0.408 e. The molecule has 0 bridgehead atoms. The zero-order valence-corrected chi connectivity index (χ0v) is 38.0. The first-order valence-corrected chi connectivity index (χ1v) is 21.1. The highest BCUT2D eigenvalue weighted by molar-refractivity contribution is 5.86. The average Bonchev–Trinajstić information content (AvgIpc) is 3.18. The molecule has 0 aromatic carbocycles. The van der Waals surface area contributed by atoms with Gasteiger partial charge in [-0.15, -0.1) is 0 Å². The number of hydrogen-bond acceptors (Lipinski definition) is 18. The Kier molecular flexibility index (Phi) is 38.8. The van der Waals surface area contributed by atoms with Crippen molar-refractivity contribution in [2.75, 3.05) is 172 Å². The maximum Gasteiger partial charge on any atom is 0.408 e. The van der Waals surface area contributed by atoms with E-state index in [2.05, 4.69) is 16.0 Å². The second-order valence-corrected chi connectivity index (χ2v) is 14.9. The van der Waals surface area contributed by atoms with E-state index in [1.165, 1.54) is 0 Å². The molecule has 4 N–H and O–H groups in total. The third kappa shape index (κ3) is 46.5. The number of carboxylic acid groups (broad SMARTS) is 1. The molecular formula is C40H77N3O19. The molecule has 0 aliphatic rings. The van der Waals surface area contributed by atoms with Gasteiger partial charge >= 0.3 is 18.2 Å². The van der Waals surface area contributed by atoms with E-state index >= 15 is 0 Å². The van der Waals surface area contributed by atoms with Crippen molar-refractivity contribution in [2.24, 2.45) is 0 Å². The number of rotatable bonds is 43. The largest absolute Gasteiger partial charge is 0.481 e. The standard InChI is InChI=1S/C40H77N3O19/c1-39(2,3)61-37(47)42-33-34(43-38(48)62-40(4,5)6)36(46)41-8-10-50-12-14-52-16-18-54-20-22-56-24-26-58-28-30-60-32-31-59-29-27-57-25-23-55-21-19-53-17-15-51-13-11-49-9-7-35(44)45/h34H,7-33H2,1-6H3,(H,41,46)(H,42,47)(H,43,48)(H,44,45). The number of carboxylic acids is 1. The maximum atomic E-state index is 12.7. The Bertz CT molecular complexity index is 1090. The molecule has 0 fully saturated rings. The third-order valence-electron chi connectivity index (χ3n) is 6.95. The number of alkyl carbamates (subject to hydrolysis) is 2. The molecule has 0 aromatic rings. The number of ether oxygens (including phenoxy) is 14. The van der Waals surface area contributed by atoms with Gasteiger partial charge < -0.3 is 87.4 Å². The molecule has 3 amide bonds. The van der Waals surface area contributed by atoms with Gasteiger partial charge in [0.15, 0.2) is 0 Å². The second-order valence-electron chi connectivity index (χ2n) is 14.9. The van der Waals surface area contributed by atoms with Gasteiger partial charge in [-0.1, -0.05) is 0 Å². The Labute approximate surface area is 367 Å². The van der Waals surface area contributed by atoms with E-state index in [0.29, 0.717) is 145 Å². The highest BCUT2D eigenvalue weighted by Crippen LogP contribution is 2.08. The van der Waals surface area contributed by atoms with Crippen molar-refractivity contribution in [1.82, 2.24) is 16.0 Å². The monoisotopic (exact) mass is 904 g/mol. The Morgan fingerprint density at radius 3 is 0.968 bits per heavy atom. The molecule has 22 nitrogen and oxygen atoms in total. The number of amides is 3. The minimum absolute atomic E-state index is 0.0145. The van der Waals surface area contributed by atoms with Crippen LogP contribution in [0, 0.1) is 0 Å². The number of hydrogen-bond donors (Lipinski definition) is 4. The van der Waals surface area contributed by atoms with Crippen molar-refractivity contribution in [1.29, 1.82) is 0 Å². The molecule has 0 saturated carbocycles. The zero-order valence-electron chi connectivity index (χ0n) is 38.0. The summed E-state index contributed by atoms with van der Waals surface area (Å²) in [5.41, 5.74) is -1.49. The van der Waals surface area contributed by atoms with Crippen molar-refractivity contribution in [3.8, 4) is 0 Å². The van der Waals surface area contributed by atoms with Crippen LogP contribution >= 0.6 is 0 Å². The van der Waals surface area contributed by atoms with Crippen molar-refractivity contribution in [3.05, 3.63) is 0 Å². The van der Waals surface area contributed by atoms with E-state index < -0.39 is 41.3 Å². The molecule has 0 aliphatic carbocycles. The van der Waals surface area contributed by atoms with Gasteiger partial charge in [-0.25, -0.2) is 9.59 Å². The Hall–Kier alpha value is -3.00. The highest BCUT2D eigenvalue weighted by Gasteiger charge is 2.26. The summed E-state index contributed by atoms with van der Waals surface area (Å²) in [5, 5.41) is 16.1. The number of nitrogens with one attached hydrogen (secondary N) is 3. The fraction of sp³-hybridized carbons (Fsp3) is 0.900. The van der Waals surface area contributed by atoms with Gasteiger partial charge in [-0.05, 0) is 41.5 Å². The summed E-state index contributed by atoms with van der Waals surface area (Å²) in [6.07, 6.45) is -1.53. The summed E-state index contributed by atoms with van der Waals surface area (Å²) in [6.45, 7) is 20.0. The molecule has 0 aliphatic heterocycles. The molecule has 62 heavy (non-hydrogen) atoms. The first-order chi connectivity index (χ1) is 29.7. The topological polar surface area (TPSA) is 254 Å². The minimum Gasteiger partial charge on any atom is -0.481 e. The van der Waals surface area contributed by atoms with Crippen LogP contribution in [0.4, 0.5) is 9.59 Å². The number of carbonyl (C=O) groups excluding carboxylic acids is 3. The van der Waals surface area contributed by atoms with Crippen LogP contribution in [0.2, 0.25) is 0 Å². The number of carbonyl (C=O) groups is 4. The van der Waals surface area contributed by atoms with Crippen molar-refractivity contribution < 1.29 is 90.6 Å². The maximum absolute atomic E-state index is 12.7. The summed E-state index contributed by atoms with van der Waals surface area (Å²) in [5.74, 6) is -1.41. The van der Waals surface area contributed by atoms with Crippen LogP contribution in [-0.4, -0.2) is 218 Å². The quantitative estimate of drug-likeness (QED) is 0.0627. The third-order valence-corrected chi connectivity index (χ3v) is 6.95. The molecule has 1 atom stereocenters. The average molecular weight is 904 g/mol. The van der Waals surface area contributed by atoms with Crippen molar-refractivity contribution in [3.63, 3.8) is 0 Å². The van der Waals surface area contributed by atoms with Crippen molar-refractivity contribution >= 4 is 24.1 Å². The molecule has 366 valence electrons. The summed E-state index contributed by atoms with van der Waals surface area (Å²) in [4.78, 5) is 47.4. The van der Waals surface area contributed by atoms with E-state index in [1.54, 1.807) is 41.5 Å². The van der Waals surface area contributed by atoms with Crippen LogP contribution in [0.1, 0.15) is 48.0 Å². The van der Waals surface area contributed by atoms with E-state index in [-0.39, 0.29) is 32.7 Å². The number of aliphatic carboxylic acids is 1. The molecular weight excluding hydrogens is 826 g/mol. The predicted molar refractivity (Wildman–Crippen MR) is 222 cm³/mol. The lowest BCUT2D eigenvalue weighted by Crippen LogP contribution is -2.54. The van der Waals surface area contributed by atoms with Gasteiger partial charge in [0.05, 0.1) is 172 Å². The van der Waals surface area contributed by atoms with Gasteiger partial charge in [-0.2, -0.15) is 0 Å². The molecule has 0 radical (unpaired) electrons. The molecule has 0 aromatic heterocycles. The summed E-state index contributed by atoms with van der Waals surface area (Å²) in [6, 6.07) is -1.10. The van der Waals surface area contributed by atoms with Crippen LogP contribution in [0.25, 0.3) is 0 Å². The predicted octanol–water partition coefficient (Wildman–Crippen LogP) is 1.19. The van der Waals surface area contributed by atoms with Gasteiger partial charge in [0.1, 0.15) is 17.2 Å². The van der Waals surface area contributed by atoms with Crippen LogP contribution in [0.3, 0.4) is 0 Å². The molecule has 1 unspecified atom stereocenters. The lowest BCUT2D eigenvalue weighted by molar-refractivity contribution is -0.138. The van der Waals surface area contributed by atoms with Crippen molar-refractivity contribution in [2.45, 2.75) is 65.2 Å². The highest BCUT2D eigenvalue weighted by atomic mass is 16.6. The zero-order chi connectivity index (χ0) is 46.0. The molecule has 0 saturated heterocycles. The second kappa shape index (κ2) is 40.8. The lowest BCUT2D eigenvalue weighted by atomic mass is 10.2. The Balaban J connectivity index is 3.49. The van der Waals surface area contributed by atoms with E-state index in [1.807, 2.05) is 0 Å². The van der Waals surface area contributed by atoms with Gasteiger partial charge in [0.25, 0.3) is 0 Å². The van der Waals surface area contributed by atoms with Gasteiger partial charge in [0, 0.05) is 6.54 Å². The lowest BCUT2D eigenvalue weighted by Gasteiger charge is -2.24. The molecule has 22 heteroatoms. The molecule has 0 heterocycles. The van der Waals surface area contributed by atoms with E-state index in [4.69, 9.17) is 71.4 Å². The summed E-state index contributed by atoms with van der Waals surface area (Å²) >= 11 is 0. The van der Waals surface area contributed by atoms with Crippen LogP contribution < -0.4 is 16.0 Å². The molecule has 0 spiro atoms. The SMILES string of the molecule is CC(C)(C)OC(=O)NCC(NC(=O)OC(C)(C)C)C(=O)NCCOCCOCCOCCOCCOCCOCCOCCOCCOCCOCCOCCOCCC(=O)O. The van der Waals surface area contributed by atoms with Crippen LogP contribution in [0.5, 0.6) is 0 Å². The minimum atomic E-state index is -1.10. The summed E-state index contributed by atoms with van der Waals surface area (Å²) in [7, 11) is 0. The fourth-order valence-electron chi connectivity index (χ4n) is 4.21. The Morgan fingerprint density at radius 1 is 0.403 bits per heavy atom. The van der Waals surface area contributed by atoms with E-state index in [0.717, 1.165) is 0 Å². The summed E-state index contributed by atoms with van der Waals surface area (Å²) < 4.78 is 75.5.